The molecule has 0 spiro atoms. The van der Waals surface area contributed by atoms with Crippen LogP contribution in [0.1, 0.15) is 26.2 Å². The van der Waals surface area contributed by atoms with Crippen LogP contribution in [0.25, 0.3) is 0 Å². The molecule has 9 nitrogen and oxygen atoms in total. The van der Waals surface area contributed by atoms with Crippen LogP contribution in [-0.2, 0) is 14.4 Å². The Bertz CT molecular complexity index is 430. The minimum Gasteiger partial charge on any atom is -0.481 e. The SMILES string of the molecule is CC(CF)CC(NC(=O)NC(CCC(=O)O)C(=O)O)C(=O)O. The van der Waals surface area contributed by atoms with Gasteiger partial charge in [0, 0.05) is 6.42 Å². The number of nitrogens with one attached hydrogen (secondary N) is 2. The molecule has 0 aromatic heterocycles. The fraction of sp³-hybridized carbons (Fsp3) is 0.667. The third kappa shape index (κ3) is 8.02. The van der Waals surface area contributed by atoms with Crippen molar-refractivity contribution in [1.29, 1.82) is 0 Å². The molecule has 126 valence electrons. The number of rotatable bonds is 10. The maximum Gasteiger partial charge on any atom is 0.326 e. The lowest BCUT2D eigenvalue weighted by molar-refractivity contribution is -0.141. The van der Waals surface area contributed by atoms with Gasteiger partial charge in [-0.05, 0) is 18.8 Å². The molecular formula is C12H19FN2O7. The van der Waals surface area contributed by atoms with Crippen molar-refractivity contribution in [3.63, 3.8) is 0 Å². The molecule has 0 saturated carbocycles. The van der Waals surface area contributed by atoms with Gasteiger partial charge in [-0.15, -0.1) is 0 Å². The molecule has 0 fully saturated rings. The lowest BCUT2D eigenvalue weighted by Crippen LogP contribution is -2.51. The van der Waals surface area contributed by atoms with E-state index in [1.54, 1.807) is 0 Å². The van der Waals surface area contributed by atoms with Crippen molar-refractivity contribution >= 4 is 23.9 Å². The maximum atomic E-state index is 12.4. The number of amides is 2. The fourth-order valence-corrected chi connectivity index (χ4v) is 1.57. The first-order valence-corrected chi connectivity index (χ1v) is 6.47. The Kier molecular flexibility index (Phi) is 8.49. The van der Waals surface area contributed by atoms with Gasteiger partial charge in [-0.2, -0.15) is 0 Å². The second-order valence-electron chi connectivity index (χ2n) is 4.83. The lowest BCUT2D eigenvalue weighted by atomic mass is 10.0. The van der Waals surface area contributed by atoms with Crippen LogP contribution in [0.15, 0.2) is 0 Å². The second-order valence-corrected chi connectivity index (χ2v) is 4.83. The summed E-state index contributed by atoms with van der Waals surface area (Å²) in [6.45, 7) is 0.700. The Morgan fingerprint density at radius 1 is 1.00 bits per heavy atom. The van der Waals surface area contributed by atoms with Crippen LogP contribution in [0.5, 0.6) is 0 Å². The number of hydrogen-bond acceptors (Lipinski definition) is 4. The van der Waals surface area contributed by atoms with E-state index in [0.717, 1.165) is 0 Å². The normalized spacial score (nSPS) is 14.5. The molecule has 0 saturated heterocycles. The monoisotopic (exact) mass is 322 g/mol. The van der Waals surface area contributed by atoms with Crippen LogP contribution in [0.3, 0.4) is 0 Å². The van der Waals surface area contributed by atoms with Crippen LogP contribution in [-0.4, -0.2) is 58.0 Å². The van der Waals surface area contributed by atoms with Gasteiger partial charge in [-0.3, -0.25) is 9.18 Å². The molecule has 22 heavy (non-hydrogen) atoms. The zero-order valence-electron chi connectivity index (χ0n) is 11.9. The zero-order chi connectivity index (χ0) is 17.3. The van der Waals surface area contributed by atoms with Crippen molar-refractivity contribution in [2.75, 3.05) is 6.67 Å². The standard InChI is InChI=1S/C12H19FN2O7/c1-6(5-13)4-8(11(20)21)15-12(22)14-7(10(18)19)2-3-9(16)17/h6-8H,2-5H2,1H3,(H,16,17)(H,18,19)(H,20,21)(H2,14,15,22). The summed E-state index contributed by atoms with van der Waals surface area (Å²) in [5, 5.41) is 30.3. The highest BCUT2D eigenvalue weighted by atomic mass is 19.1. The molecule has 0 aromatic rings. The summed E-state index contributed by atoms with van der Waals surface area (Å²) in [6, 6.07) is -3.92. The molecule has 0 aromatic carbocycles. The molecule has 0 aliphatic rings. The third-order valence-electron chi connectivity index (χ3n) is 2.76. The van der Waals surface area contributed by atoms with Gasteiger partial charge in [-0.1, -0.05) is 6.92 Å². The van der Waals surface area contributed by atoms with E-state index in [9.17, 15) is 23.6 Å². The van der Waals surface area contributed by atoms with E-state index in [2.05, 4.69) is 0 Å². The van der Waals surface area contributed by atoms with Crippen molar-refractivity contribution in [1.82, 2.24) is 10.6 Å². The van der Waals surface area contributed by atoms with E-state index in [4.69, 9.17) is 15.3 Å². The zero-order valence-corrected chi connectivity index (χ0v) is 11.9. The summed E-state index contributed by atoms with van der Waals surface area (Å²) in [5.74, 6) is -4.65. The maximum absolute atomic E-state index is 12.4. The summed E-state index contributed by atoms with van der Waals surface area (Å²) in [6.07, 6.45) is -0.985. The number of carbonyl (C=O) groups is 4. The van der Waals surface area contributed by atoms with E-state index < -0.39 is 55.0 Å². The number of alkyl halides is 1. The molecular weight excluding hydrogens is 303 g/mol. The smallest absolute Gasteiger partial charge is 0.326 e. The lowest BCUT2D eigenvalue weighted by Gasteiger charge is -2.19. The Labute approximate surface area is 125 Å². The summed E-state index contributed by atoms with van der Waals surface area (Å²) in [4.78, 5) is 43.8. The van der Waals surface area contributed by atoms with Gasteiger partial charge in [0.15, 0.2) is 0 Å². The Balaban J connectivity index is 4.61. The van der Waals surface area contributed by atoms with Gasteiger partial charge in [0.05, 0.1) is 6.67 Å². The second kappa shape index (κ2) is 9.53. The van der Waals surface area contributed by atoms with Crippen molar-refractivity contribution < 1.29 is 38.9 Å². The predicted molar refractivity (Wildman–Crippen MR) is 71.1 cm³/mol. The molecule has 0 radical (unpaired) electrons. The minimum absolute atomic E-state index is 0.161. The summed E-state index contributed by atoms with van der Waals surface area (Å²) in [5.41, 5.74) is 0. The molecule has 0 bridgehead atoms. The van der Waals surface area contributed by atoms with E-state index in [0.29, 0.717) is 0 Å². The summed E-state index contributed by atoms with van der Waals surface area (Å²) >= 11 is 0. The molecule has 0 heterocycles. The molecule has 0 aliphatic heterocycles. The average Bonchev–Trinajstić information content (AvgIpc) is 2.41. The van der Waals surface area contributed by atoms with E-state index in [-0.39, 0.29) is 12.8 Å². The first kappa shape index (κ1) is 19.6. The largest absolute Gasteiger partial charge is 0.481 e. The van der Waals surface area contributed by atoms with Crippen LogP contribution < -0.4 is 10.6 Å². The summed E-state index contributed by atoms with van der Waals surface area (Å²) in [7, 11) is 0. The van der Waals surface area contributed by atoms with E-state index >= 15 is 0 Å². The summed E-state index contributed by atoms with van der Waals surface area (Å²) < 4.78 is 12.4. The fourth-order valence-electron chi connectivity index (χ4n) is 1.57. The van der Waals surface area contributed by atoms with Gasteiger partial charge in [0.2, 0.25) is 0 Å². The van der Waals surface area contributed by atoms with Crippen LogP contribution in [0.4, 0.5) is 9.18 Å². The number of hydrogen-bond donors (Lipinski definition) is 5. The molecule has 3 unspecified atom stereocenters. The highest BCUT2D eigenvalue weighted by Crippen LogP contribution is 2.07. The number of halogens is 1. The molecule has 0 rings (SSSR count). The van der Waals surface area contributed by atoms with Gasteiger partial charge in [0.25, 0.3) is 0 Å². The predicted octanol–water partition coefficient (Wildman–Crippen LogP) is 0.0525. The number of aliphatic carboxylic acids is 3. The highest BCUT2D eigenvalue weighted by molar-refractivity contribution is 5.86. The van der Waals surface area contributed by atoms with Crippen molar-refractivity contribution in [3.8, 4) is 0 Å². The van der Waals surface area contributed by atoms with Crippen molar-refractivity contribution in [2.24, 2.45) is 5.92 Å². The van der Waals surface area contributed by atoms with E-state index in [1.165, 1.54) is 6.92 Å². The number of carbonyl (C=O) groups excluding carboxylic acids is 1. The highest BCUT2D eigenvalue weighted by Gasteiger charge is 2.26. The number of carboxylic acid groups (broad SMARTS) is 3. The van der Waals surface area contributed by atoms with E-state index in [1.807, 2.05) is 10.6 Å². The average molecular weight is 322 g/mol. The first-order chi connectivity index (χ1) is 10.2. The third-order valence-corrected chi connectivity index (χ3v) is 2.76. The van der Waals surface area contributed by atoms with Gasteiger partial charge in [-0.25, -0.2) is 14.4 Å². The topological polar surface area (TPSA) is 153 Å². The number of carboxylic acids is 3. The van der Waals surface area contributed by atoms with Crippen LogP contribution in [0.2, 0.25) is 0 Å². The molecule has 5 N–H and O–H groups in total. The molecule has 2 amide bonds. The van der Waals surface area contributed by atoms with Gasteiger partial charge < -0.3 is 26.0 Å². The van der Waals surface area contributed by atoms with Gasteiger partial charge >= 0.3 is 23.9 Å². The van der Waals surface area contributed by atoms with Crippen LogP contribution >= 0.6 is 0 Å². The van der Waals surface area contributed by atoms with Crippen molar-refractivity contribution in [3.05, 3.63) is 0 Å². The molecule has 3 atom stereocenters. The number of urea groups is 1. The van der Waals surface area contributed by atoms with Crippen LogP contribution in [0, 0.1) is 5.92 Å². The Morgan fingerprint density at radius 3 is 1.91 bits per heavy atom. The van der Waals surface area contributed by atoms with Crippen molar-refractivity contribution in [2.45, 2.75) is 38.3 Å². The molecule has 10 heteroatoms. The Morgan fingerprint density at radius 2 is 1.50 bits per heavy atom. The first-order valence-electron chi connectivity index (χ1n) is 6.47. The van der Waals surface area contributed by atoms with Gasteiger partial charge in [0.1, 0.15) is 12.1 Å². The molecule has 0 aliphatic carbocycles. The quantitative estimate of drug-likeness (QED) is 0.381. The Hall–Kier alpha value is -2.39. The minimum atomic E-state index is -1.47.